The smallest absolute Gasteiger partial charge is 0.255 e. The van der Waals surface area contributed by atoms with Crippen molar-refractivity contribution in [1.82, 2.24) is 25.8 Å². The highest BCUT2D eigenvalue weighted by molar-refractivity contribution is 6.01. The quantitative estimate of drug-likeness (QED) is 0.355. The van der Waals surface area contributed by atoms with Crippen molar-refractivity contribution in [2.24, 2.45) is 0 Å². The van der Waals surface area contributed by atoms with Crippen LogP contribution in [0.5, 0.6) is 11.5 Å². The number of hydrogen-bond donors (Lipinski definition) is 4. The van der Waals surface area contributed by atoms with E-state index >= 15 is 0 Å². The van der Waals surface area contributed by atoms with Crippen molar-refractivity contribution < 1.29 is 29.0 Å². The monoisotopic (exact) mass is 559 g/mol. The number of phenols is 1. The van der Waals surface area contributed by atoms with E-state index in [4.69, 9.17) is 4.74 Å². The first-order valence-electron chi connectivity index (χ1n) is 13.3. The zero-order chi connectivity index (χ0) is 29.2. The van der Waals surface area contributed by atoms with Crippen LogP contribution in [0.25, 0.3) is 0 Å². The Kier molecular flexibility index (Phi) is 9.87. The third-order valence-corrected chi connectivity index (χ3v) is 6.62. The van der Waals surface area contributed by atoms with E-state index in [-0.39, 0.29) is 43.3 Å². The molecule has 214 valence electrons. The highest BCUT2D eigenvalue weighted by Crippen LogP contribution is 2.19. The number of carbonyl (C=O) groups excluding carboxylic acids is 4. The van der Waals surface area contributed by atoms with Crippen LogP contribution < -0.4 is 20.7 Å². The number of para-hydroxylation sites is 1. The van der Waals surface area contributed by atoms with E-state index in [1.807, 2.05) is 12.1 Å². The lowest BCUT2D eigenvalue weighted by Crippen LogP contribution is -2.53. The van der Waals surface area contributed by atoms with Crippen LogP contribution in [-0.2, 0) is 27.2 Å². The second-order valence-electron chi connectivity index (χ2n) is 9.69. The topological polar surface area (TPSA) is 150 Å². The Bertz CT molecular complexity index is 1370. The number of pyridine rings is 1. The van der Waals surface area contributed by atoms with Crippen molar-refractivity contribution in [2.45, 2.75) is 31.3 Å². The number of rotatable bonds is 6. The molecule has 2 aromatic carbocycles. The van der Waals surface area contributed by atoms with Crippen molar-refractivity contribution in [3.05, 3.63) is 89.7 Å². The Balaban J connectivity index is 1.56. The fraction of sp³-hybridized carbons (Fsp3) is 0.300. The molecule has 3 aromatic rings. The minimum atomic E-state index is -1.22. The predicted octanol–water partition coefficient (Wildman–Crippen LogP) is 1.21. The Morgan fingerprint density at radius 2 is 1.80 bits per heavy atom. The molecule has 1 aliphatic rings. The number of nitrogens with zero attached hydrogens (tertiary/aromatic N) is 2. The van der Waals surface area contributed by atoms with Gasteiger partial charge in [0.2, 0.25) is 17.7 Å². The normalized spacial score (nSPS) is 18.3. The Morgan fingerprint density at radius 3 is 2.56 bits per heavy atom. The SMILES string of the molecule is CN1CCOc2ccccc2C(=O)N[C@H](C(=O)NCCc2ccccn2)CC(=O)N[C@@H](Cc2ccc(O)cc2)C1=O. The molecule has 0 bridgehead atoms. The molecule has 1 aromatic heterocycles. The van der Waals surface area contributed by atoms with Crippen LogP contribution in [0.2, 0.25) is 0 Å². The summed E-state index contributed by atoms with van der Waals surface area (Å²) in [7, 11) is 1.60. The molecule has 1 aliphatic heterocycles. The summed E-state index contributed by atoms with van der Waals surface area (Å²) in [5, 5.41) is 17.8. The second-order valence-corrected chi connectivity index (χ2v) is 9.69. The molecule has 4 rings (SSSR count). The lowest BCUT2D eigenvalue weighted by atomic mass is 10.0. The highest BCUT2D eigenvalue weighted by Gasteiger charge is 2.30. The number of benzene rings is 2. The molecule has 0 unspecified atom stereocenters. The molecule has 4 N–H and O–H groups in total. The molecule has 2 atom stereocenters. The summed E-state index contributed by atoms with van der Waals surface area (Å²) < 4.78 is 5.84. The van der Waals surface area contributed by atoms with Gasteiger partial charge in [-0.25, -0.2) is 0 Å². The van der Waals surface area contributed by atoms with Gasteiger partial charge in [-0.3, -0.25) is 24.2 Å². The number of likely N-dealkylation sites (N-methyl/N-ethyl adjacent to an activating group) is 1. The number of fused-ring (bicyclic) bond motifs is 1. The average Bonchev–Trinajstić information content (AvgIpc) is 2.97. The molecule has 0 spiro atoms. The molecule has 0 radical (unpaired) electrons. The van der Waals surface area contributed by atoms with Gasteiger partial charge in [-0.2, -0.15) is 0 Å². The first kappa shape index (κ1) is 29.1. The molecule has 4 amide bonds. The number of aromatic hydroxyl groups is 1. The van der Waals surface area contributed by atoms with Crippen molar-refractivity contribution in [3.8, 4) is 11.5 Å². The van der Waals surface area contributed by atoms with Crippen molar-refractivity contribution in [2.75, 3.05) is 26.7 Å². The fourth-order valence-electron chi connectivity index (χ4n) is 4.38. The molecular formula is C30H33N5O6. The highest BCUT2D eigenvalue weighted by atomic mass is 16.5. The van der Waals surface area contributed by atoms with E-state index in [0.717, 1.165) is 11.3 Å². The standard InChI is InChI=1S/C30H33N5O6/c1-35-16-17-41-26-8-3-2-7-23(26)28(38)34-24(29(39)32-15-13-21-6-4-5-14-31-21)19-27(37)33-25(30(35)40)18-20-9-11-22(36)12-10-20/h2-12,14,24-25,36H,13,15-19H2,1H3,(H,32,39)(H,33,37)(H,34,38)/t24-,25-/m0/s1. The van der Waals surface area contributed by atoms with Gasteiger partial charge in [0, 0.05) is 38.3 Å². The number of phenolic OH excluding ortho intramolecular Hbond substituents is 1. The molecule has 11 nitrogen and oxygen atoms in total. The molecule has 0 saturated heterocycles. The molecule has 2 heterocycles. The third kappa shape index (κ3) is 8.28. The summed E-state index contributed by atoms with van der Waals surface area (Å²) in [6, 6.07) is 16.2. The number of ether oxygens (including phenoxy) is 1. The van der Waals surface area contributed by atoms with Crippen molar-refractivity contribution in [1.29, 1.82) is 0 Å². The Labute approximate surface area is 237 Å². The van der Waals surface area contributed by atoms with Crippen LogP contribution in [0.3, 0.4) is 0 Å². The summed E-state index contributed by atoms with van der Waals surface area (Å²) in [4.78, 5) is 58.7. The number of nitrogens with one attached hydrogen (secondary N) is 3. The van der Waals surface area contributed by atoms with Gasteiger partial charge in [0.15, 0.2) is 0 Å². The number of hydrogen-bond acceptors (Lipinski definition) is 7. The van der Waals surface area contributed by atoms with Gasteiger partial charge in [0.1, 0.15) is 30.2 Å². The predicted molar refractivity (Wildman–Crippen MR) is 150 cm³/mol. The van der Waals surface area contributed by atoms with Crippen molar-refractivity contribution >= 4 is 23.6 Å². The lowest BCUT2D eigenvalue weighted by molar-refractivity contribution is -0.136. The minimum absolute atomic E-state index is 0.0808. The number of aromatic nitrogens is 1. The molecule has 0 fully saturated rings. The third-order valence-electron chi connectivity index (χ3n) is 6.62. The number of amides is 4. The van der Waals surface area contributed by atoms with E-state index in [1.165, 1.54) is 17.0 Å². The van der Waals surface area contributed by atoms with Gasteiger partial charge in [0.25, 0.3) is 5.91 Å². The van der Waals surface area contributed by atoms with Crippen LogP contribution >= 0.6 is 0 Å². The van der Waals surface area contributed by atoms with E-state index in [9.17, 15) is 24.3 Å². The first-order chi connectivity index (χ1) is 19.8. The summed E-state index contributed by atoms with van der Waals surface area (Å²) >= 11 is 0. The number of carbonyl (C=O) groups is 4. The zero-order valence-electron chi connectivity index (χ0n) is 22.7. The Morgan fingerprint density at radius 1 is 1.05 bits per heavy atom. The van der Waals surface area contributed by atoms with Gasteiger partial charge >= 0.3 is 0 Å². The second kappa shape index (κ2) is 13.9. The maximum atomic E-state index is 13.4. The van der Waals surface area contributed by atoms with Crippen LogP contribution in [0, 0.1) is 0 Å². The molecule has 41 heavy (non-hydrogen) atoms. The van der Waals surface area contributed by atoms with Gasteiger partial charge < -0.3 is 30.7 Å². The fourth-order valence-corrected chi connectivity index (χ4v) is 4.38. The molecule has 0 saturated carbocycles. The van der Waals surface area contributed by atoms with E-state index in [1.54, 1.807) is 55.7 Å². The first-order valence-corrected chi connectivity index (χ1v) is 13.3. The van der Waals surface area contributed by atoms with E-state index in [2.05, 4.69) is 20.9 Å². The maximum absolute atomic E-state index is 13.4. The van der Waals surface area contributed by atoms with Gasteiger partial charge in [0.05, 0.1) is 18.5 Å². The van der Waals surface area contributed by atoms with Gasteiger partial charge in [-0.15, -0.1) is 0 Å². The van der Waals surface area contributed by atoms with Crippen LogP contribution in [0.15, 0.2) is 72.9 Å². The molecule has 11 heteroatoms. The summed E-state index contributed by atoms with van der Waals surface area (Å²) in [5.41, 5.74) is 1.71. The lowest BCUT2D eigenvalue weighted by Gasteiger charge is -2.27. The van der Waals surface area contributed by atoms with Gasteiger partial charge in [-0.05, 0) is 42.0 Å². The van der Waals surface area contributed by atoms with Gasteiger partial charge in [-0.1, -0.05) is 30.3 Å². The molecule has 0 aliphatic carbocycles. The zero-order valence-corrected chi connectivity index (χ0v) is 22.7. The molecular weight excluding hydrogens is 526 g/mol. The van der Waals surface area contributed by atoms with Crippen LogP contribution in [0.4, 0.5) is 0 Å². The van der Waals surface area contributed by atoms with E-state index in [0.29, 0.717) is 12.2 Å². The van der Waals surface area contributed by atoms with Crippen molar-refractivity contribution in [3.63, 3.8) is 0 Å². The summed E-state index contributed by atoms with van der Waals surface area (Å²) in [5.74, 6) is -1.67. The Hall–Kier alpha value is -4.93. The largest absolute Gasteiger partial charge is 0.508 e. The van der Waals surface area contributed by atoms with Crippen LogP contribution in [-0.4, -0.2) is 77.4 Å². The summed E-state index contributed by atoms with van der Waals surface area (Å²) in [6.45, 7) is 0.554. The van der Waals surface area contributed by atoms with E-state index < -0.39 is 36.2 Å². The summed E-state index contributed by atoms with van der Waals surface area (Å²) in [6.07, 6.45) is 1.89. The van der Waals surface area contributed by atoms with Crippen LogP contribution in [0.1, 0.15) is 28.0 Å². The maximum Gasteiger partial charge on any atom is 0.255 e. The minimum Gasteiger partial charge on any atom is -0.508 e. The average molecular weight is 560 g/mol.